The summed E-state index contributed by atoms with van der Waals surface area (Å²) in [6.45, 7) is 3.28. The second-order valence-electron chi connectivity index (χ2n) is 14.9. The minimum Gasteiger partial charge on any atom is -0.481 e. The third kappa shape index (κ3) is 14.3. The molecule has 1 aliphatic heterocycles. The van der Waals surface area contributed by atoms with E-state index in [0.29, 0.717) is 105 Å². The number of imidazole rings is 1. The lowest BCUT2D eigenvalue weighted by atomic mass is 10.1. The minimum atomic E-state index is -3.91. The number of rotatable bonds is 24. The molecule has 0 saturated heterocycles. The van der Waals surface area contributed by atoms with Gasteiger partial charge in [-0.25, -0.2) is 9.97 Å². The van der Waals surface area contributed by atoms with Crippen molar-refractivity contribution < 1.29 is 52.2 Å². The van der Waals surface area contributed by atoms with E-state index in [4.69, 9.17) is 14.2 Å². The Balaban J connectivity index is 0.831. The second-order valence-corrected chi connectivity index (χ2v) is 16.4. The van der Waals surface area contributed by atoms with Crippen LogP contribution in [0.5, 0.6) is 0 Å². The van der Waals surface area contributed by atoms with Crippen molar-refractivity contribution in [2.45, 2.75) is 43.3 Å². The van der Waals surface area contributed by atoms with Gasteiger partial charge in [-0.15, -0.1) is 0 Å². The first-order chi connectivity index (χ1) is 31.4. The molecule has 2 aromatic heterocycles. The quantitative estimate of drug-likeness (QED) is 0.0227. The number of aliphatic carboxylic acids is 1. The third-order valence-corrected chi connectivity index (χ3v) is 11.0. The van der Waals surface area contributed by atoms with Crippen molar-refractivity contribution >= 4 is 63.3 Å². The Morgan fingerprint density at radius 3 is 2.35 bits per heavy atom. The number of amides is 3. The molecular weight excluding hydrogens is 863 g/mol. The molecule has 3 aromatic carbocycles. The summed E-state index contributed by atoms with van der Waals surface area (Å²) in [7, 11) is -2.22. The number of hydrogen-bond acceptors (Lipinski definition) is 15. The van der Waals surface area contributed by atoms with Gasteiger partial charge in [0, 0.05) is 62.9 Å². The van der Waals surface area contributed by atoms with Crippen LogP contribution < -0.4 is 16.1 Å². The molecule has 65 heavy (non-hydrogen) atoms. The van der Waals surface area contributed by atoms with Crippen molar-refractivity contribution in [3.8, 4) is 0 Å². The van der Waals surface area contributed by atoms with Gasteiger partial charge in [0.25, 0.3) is 11.8 Å². The summed E-state index contributed by atoms with van der Waals surface area (Å²) in [4.78, 5) is 66.2. The normalized spacial score (nSPS) is 14.2. The smallest absolute Gasteiger partial charge is 0.305 e. The van der Waals surface area contributed by atoms with E-state index in [2.05, 4.69) is 36.1 Å². The van der Waals surface area contributed by atoms with E-state index < -0.39 is 29.3 Å². The van der Waals surface area contributed by atoms with Crippen LogP contribution in [0.25, 0.3) is 11.0 Å². The molecule has 5 aromatic rings. The Morgan fingerprint density at radius 1 is 0.923 bits per heavy atom. The van der Waals surface area contributed by atoms with Crippen molar-refractivity contribution in [3.05, 3.63) is 113 Å². The molecule has 1 aliphatic rings. The molecule has 20 nitrogen and oxygen atoms in total. The highest BCUT2D eigenvalue weighted by atomic mass is 32.3. The van der Waals surface area contributed by atoms with Crippen LogP contribution in [-0.2, 0) is 36.9 Å². The van der Waals surface area contributed by atoms with Gasteiger partial charge in [0.15, 0.2) is 0 Å². The zero-order valence-corrected chi connectivity index (χ0v) is 36.5. The third-order valence-electron chi connectivity index (χ3n) is 10.0. The molecule has 0 radical (unpaired) electrons. The highest BCUT2D eigenvalue weighted by Crippen LogP contribution is 2.44. The summed E-state index contributed by atoms with van der Waals surface area (Å²) in [6, 6.07) is 21.1. The highest BCUT2D eigenvalue weighted by Gasteiger charge is 2.31. The number of pyridine rings is 1. The maximum absolute atomic E-state index is 13.5. The number of benzene rings is 3. The molecule has 0 fully saturated rings. The fraction of sp³-hybridized carbons (Fsp3) is 0.341. The number of aromatic nitrogens is 3. The number of carboxylic acids is 1. The van der Waals surface area contributed by atoms with E-state index in [9.17, 15) is 37.9 Å². The number of ether oxygens (including phenoxy) is 3. The molecule has 8 N–H and O–H groups in total. The van der Waals surface area contributed by atoms with Crippen LogP contribution in [0.3, 0.4) is 0 Å². The number of hydrogen-bond donors (Lipinski definition) is 8. The number of fused-ring (bicyclic) bond motifs is 2. The standard InChI is InChI=1S/C44H53N9O11S/c1-52(29-40-49-35-9-3-4-10-36(35)50-40)43(57)30-12-14-34-33(24-30)28-53(44(58)37(48-34)25-41(54)55)17-7-19-63-21-23-64-22-20-62-18-6-16-45-42(56)32-13-15-39(46-26-32)51-47-27-31-8-2-5-11-38(31)65(59,60)61/h2-5,8-15,24,26-27,37,48,59-61H,6-7,16-23,25,28-29H2,1H3,(H,45,56)(H,46,51)(H,49,50)(H,54,55)/b47-27+/t37-/m1/s1. The maximum Gasteiger partial charge on any atom is 0.305 e. The van der Waals surface area contributed by atoms with E-state index in [1.807, 2.05) is 24.3 Å². The summed E-state index contributed by atoms with van der Waals surface area (Å²) in [5, 5.41) is 19.4. The predicted molar refractivity (Wildman–Crippen MR) is 243 cm³/mol. The van der Waals surface area contributed by atoms with Crippen LogP contribution >= 0.6 is 10.9 Å². The van der Waals surface area contributed by atoms with Crippen molar-refractivity contribution in [2.75, 3.05) is 70.5 Å². The van der Waals surface area contributed by atoms with Crippen LogP contribution in [0.15, 0.2) is 95.1 Å². The van der Waals surface area contributed by atoms with Crippen LogP contribution in [0.2, 0.25) is 0 Å². The lowest BCUT2D eigenvalue weighted by Gasteiger charge is -2.24. The van der Waals surface area contributed by atoms with Gasteiger partial charge in [0.2, 0.25) is 5.91 Å². The molecule has 3 amide bonds. The van der Waals surface area contributed by atoms with Gasteiger partial charge in [-0.05, 0) is 66.9 Å². The summed E-state index contributed by atoms with van der Waals surface area (Å²) in [6.07, 6.45) is 3.38. The Bertz CT molecular complexity index is 2390. The molecule has 6 rings (SSSR count). The van der Waals surface area contributed by atoms with Crippen molar-refractivity contribution in [1.29, 1.82) is 0 Å². The van der Waals surface area contributed by atoms with Gasteiger partial charge in [0.05, 0.1) is 67.1 Å². The number of para-hydroxylation sites is 2. The van der Waals surface area contributed by atoms with Crippen LogP contribution in [0.4, 0.5) is 11.5 Å². The van der Waals surface area contributed by atoms with Crippen LogP contribution in [0.1, 0.15) is 56.9 Å². The number of anilines is 2. The second kappa shape index (κ2) is 23.5. The number of carbonyl (C=O) groups is 4. The first kappa shape index (κ1) is 48.0. The predicted octanol–water partition coefficient (Wildman–Crippen LogP) is 5.12. The van der Waals surface area contributed by atoms with E-state index in [0.717, 1.165) is 11.0 Å². The van der Waals surface area contributed by atoms with E-state index in [-0.39, 0.29) is 35.7 Å². The molecule has 21 heteroatoms. The summed E-state index contributed by atoms with van der Waals surface area (Å²) in [5.41, 5.74) is 6.76. The number of aromatic amines is 1. The Kier molecular flexibility index (Phi) is 17.3. The number of nitrogens with one attached hydrogen (secondary N) is 4. The zero-order valence-electron chi connectivity index (χ0n) is 35.7. The number of carbonyl (C=O) groups excluding carboxylic acids is 3. The average Bonchev–Trinajstić information content (AvgIpc) is 3.65. The summed E-state index contributed by atoms with van der Waals surface area (Å²) < 4.78 is 45.7. The molecule has 0 aliphatic carbocycles. The van der Waals surface area contributed by atoms with Gasteiger partial charge in [-0.3, -0.25) is 24.6 Å². The van der Waals surface area contributed by atoms with E-state index >= 15 is 0 Å². The lowest BCUT2D eigenvalue weighted by molar-refractivity contribution is -0.141. The molecule has 0 spiro atoms. The van der Waals surface area contributed by atoms with Gasteiger partial charge in [-0.2, -0.15) is 5.10 Å². The first-order valence-corrected chi connectivity index (χ1v) is 22.3. The van der Waals surface area contributed by atoms with Gasteiger partial charge < -0.3 is 58.4 Å². The molecular formula is C44H53N9O11S. The first-order valence-electron chi connectivity index (χ1n) is 20.8. The monoisotopic (exact) mass is 915 g/mol. The van der Waals surface area contributed by atoms with Crippen LogP contribution in [0, 0.1) is 0 Å². The number of hydrazone groups is 1. The Morgan fingerprint density at radius 2 is 1.63 bits per heavy atom. The molecule has 0 unspecified atom stereocenters. The fourth-order valence-corrected chi connectivity index (χ4v) is 7.53. The zero-order chi connectivity index (χ0) is 46.2. The molecule has 3 heterocycles. The van der Waals surface area contributed by atoms with E-state index in [1.54, 1.807) is 65.4 Å². The van der Waals surface area contributed by atoms with Gasteiger partial charge in [0.1, 0.15) is 28.6 Å². The SMILES string of the molecule is CN(Cc1nc2ccccc2[nH]1)C(=O)c1ccc2c(c1)CN(CCCOCCOCCOCCCNC(=O)c1ccc(N/N=C/c3ccccc3S(O)(O)O)nc1)C(=O)[C@@H](CC(=O)O)N2. The topological polar surface area (TPSA) is 273 Å². The molecule has 0 saturated carbocycles. The number of nitrogens with zero attached hydrogens (tertiary/aromatic N) is 5. The van der Waals surface area contributed by atoms with Gasteiger partial charge in [-0.1, -0.05) is 30.3 Å². The van der Waals surface area contributed by atoms with Crippen molar-refractivity contribution in [1.82, 2.24) is 30.1 Å². The summed E-state index contributed by atoms with van der Waals surface area (Å²) in [5.74, 6) is -0.987. The largest absolute Gasteiger partial charge is 0.481 e. The van der Waals surface area contributed by atoms with Crippen LogP contribution in [-0.4, -0.2) is 139 Å². The molecule has 346 valence electrons. The highest BCUT2D eigenvalue weighted by molar-refractivity contribution is 8.19. The number of carboxylic acid groups (broad SMARTS) is 1. The molecule has 1 atom stereocenters. The number of H-pyrrole nitrogens is 1. The molecule has 0 bridgehead atoms. The van der Waals surface area contributed by atoms with E-state index in [1.165, 1.54) is 18.5 Å². The summed E-state index contributed by atoms with van der Waals surface area (Å²) >= 11 is 0. The maximum atomic E-state index is 13.5. The minimum absolute atomic E-state index is 0.0584. The Hall–Kier alpha value is -6.46. The lowest BCUT2D eigenvalue weighted by Crippen LogP contribution is -2.42. The Labute approximate surface area is 376 Å². The van der Waals surface area contributed by atoms with Crippen molar-refractivity contribution in [2.24, 2.45) is 5.10 Å². The van der Waals surface area contributed by atoms with Gasteiger partial charge >= 0.3 is 5.97 Å². The van der Waals surface area contributed by atoms with Crippen molar-refractivity contribution in [3.63, 3.8) is 0 Å². The average molecular weight is 916 g/mol. The fourth-order valence-electron chi connectivity index (χ4n) is 6.83.